The van der Waals surface area contributed by atoms with Crippen molar-refractivity contribution in [3.05, 3.63) is 102 Å². The van der Waals surface area contributed by atoms with Gasteiger partial charge in [0.2, 0.25) is 0 Å². The van der Waals surface area contributed by atoms with E-state index in [2.05, 4.69) is 17.4 Å². The van der Waals surface area contributed by atoms with Crippen molar-refractivity contribution < 1.29 is 9.59 Å². The number of aromatic nitrogens is 1. The van der Waals surface area contributed by atoms with Crippen molar-refractivity contribution in [3.63, 3.8) is 0 Å². The van der Waals surface area contributed by atoms with E-state index in [4.69, 9.17) is 0 Å². The Morgan fingerprint density at radius 3 is 2.30 bits per heavy atom. The molecule has 0 bridgehead atoms. The number of fused-ring (bicyclic) bond motifs is 1. The van der Waals surface area contributed by atoms with Crippen molar-refractivity contribution >= 4 is 17.2 Å². The number of benzene rings is 2. The van der Waals surface area contributed by atoms with Crippen LogP contribution in [0.4, 0.5) is 0 Å². The van der Waals surface area contributed by atoms with Gasteiger partial charge in [0, 0.05) is 23.3 Å². The maximum atomic E-state index is 13.2. The van der Waals surface area contributed by atoms with Gasteiger partial charge in [-0.1, -0.05) is 66.7 Å². The number of ketones is 1. The number of hydrogen-bond acceptors (Lipinski definition) is 2. The van der Waals surface area contributed by atoms with Crippen molar-refractivity contribution in [2.24, 2.45) is 0 Å². The van der Waals surface area contributed by atoms with E-state index < -0.39 is 11.7 Å². The molecule has 150 valence electrons. The van der Waals surface area contributed by atoms with Crippen LogP contribution in [0.3, 0.4) is 0 Å². The standard InChI is InChI=1S/C26H24N2O2/c1-19(15-16-20-10-4-2-5-11-20)27-26(30)25(29)24-23(21-12-6-3-7-13-21)18-22-14-8-9-17-28(22)24/h2-14,17-19H,15-16H2,1H3,(H,27,30)/t19-/m1/s1. The third kappa shape index (κ3) is 4.18. The van der Waals surface area contributed by atoms with Gasteiger partial charge >= 0.3 is 0 Å². The summed E-state index contributed by atoms with van der Waals surface area (Å²) in [5, 5.41) is 2.88. The Morgan fingerprint density at radius 1 is 0.900 bits per heavy atom. The zero-order valence-corrected chi connectivity index (χ0v) is 16.9. The van der Waals surface area contributed by atoms with E-state index in [1.54, 1.807) is 4.40 Å². The van der Waals surface area contributed by atoms with Crippen molar-refractivity contribution in [1.82, 2.24) is 9.72 Å². The lowest BCUT2D eigenvalue weighted by Gasteiger charge is -2.14. The van der Waals surface area contributed by atoms with Gasteiger partial charge in [-0.15, -0.1) is 0 Å². The quantitative estimate of drug-likeness (QED) is 0.356. The van der Waals surface area contributed by atoms with Crippen LogP contribution in [-0.4, -0.2) is 22.1 Å². The largest absolute Gasteiger partial charge is 0.347 e. The summed E-state index contributed by atoms with van der Waals surface area (Å²) in [6.07, 6.45) is 3.43. The minimum atomic E-state index is -0.573. The second kappa shape index (κ2) is 8.78. The summed E-state index contributed by atoms with van der Waals surface area (Å²) in [6.45, 7) is 1.93. The highest BCUT2D eigenvalue weighted by Crippen LogP contribution is 2.28. The van der Waals surface area contributed by atoms with Gasteiger partial charge in [-0.25, -0.2) is 0 Å². The monoisotopic (exact) mass is 396 g/mol. The number of Topliss-reactive ketones (excluding diaryl/α,β-unsaturated/α-hetero) is 1. The molecule has 0 aliphatic carbocycles. The van der Waals surface area contributed by atoms with Crippen molar-refractivity contribution in [3.8, 4) is 11.1 Å². The molecule has 0 unspecified atom stereocenters. The Bertz CT molecular complexity index is 1160. The Hall–Kier alpha value is -3.66. The second-order valence-corrected chi connectivity index (χ2v) is 7.50. The molecule has 0 aliphatic rings. The van der Waals surface area contributed by atoms with E-state index in [9.17, 15) is 9.59 Å². The number of amides is 1. The molecule has 4 heteroatoms. The molecule has 2 heterocycles. The van der Waals surface area contributed by atoms with Crippen LogP contribution in [0.5, 0.6) is 0 Å². The van der Waals surface area contributed by atoms with Crippen molar-refractivity contribution in [2.45, 2.75) is 25.8 Å². The number of carbonyl (C=O) groups excluding carboxylic acids is 2. The molecule has 0 fully saturated rings. The Kier molecular flexibility index (Phi) is 5.75. The Morgan fingerprint density at radius 2 is 1.57 bits per heavy atom. The minimum absolute atomic E-state index is 0.104. The van der Waals surface area contributed by atoms with Crippen LogP contribution < -0.4 is 5.32 Å². The highest BCUT2D eigenvalue weighted by Gasteiger charge is 2.25. The van der Waals surface area contributed by atoms with E-state index in [1.807, 2.05) is 85.9 Å². The fraction of sp³-hybridized carbons (Fsp3) is 0.154. The molecule has 4 nitrogen and oxygen atoms in total. The molecular weight excluding hydrogens is 372 g/mol. The molecule has 0 saturated heterocycles. The number of rotatable bonds is 7. The van der Waals surface area contributed by atoms with Gasteiger partial charge in [-0.05, 0) is 49.1 Å². The number of hydrogen-bond donors (Lipinski definition) is 1. The van der Waals surface area contributed by atoms with Crippen molar-refractivity contribution in [2.75, 3.05) is 0 Å². The van der Waals surface area contributed by atoms with Gasteiger partial charge in [0.25, 0.3) is 11.7 Å². The Labute approximate surface area is 176 Å². The van der Waals surface area contributed by atoms with Crippen molar-refractivity contribution in [1.29, 1.82) is 0 Å². The first-order valence-electron chi connectivity index (χ1n) is 10.2. The maximum absolute atomic E-state index is 13.2. The third-order valence-corrected chi connectivity index (χ3v) is 5.27. The molecular formula is C26H24N2O2. The van der Waals surface area contributed by atoms with Gasteiger partial charge in [-0.2, -0.15) is 0 Å². The van der Waals surface area contributed by atoms with Gasteiger partial charge in [0.15, 0.2) is 0 Å². The molecule has 1 amide bonds. The molecule has 2 aromatic heterocycles. The number of nitrogens with zero attached hydrogens (tertiary/aromatic N) is 1. The lowest BCUT2D eigenvalue weighted by atomic mass is 10.0. The molecule has 30 heavy (non-hydrogen) atoms. The summed E-state index contributed by atoms with van der Waals surface area (Å²) in [5.41, 5.74) is 4.16. The van der Waals surface area contributed by atoms with Crippen LogP contribution in [0.25, 0.3) is 16.6 Å². The lowest BCUT2D eigenvalue weighted by molar-refractivity contribution is -0.117. The lowest BCUT2D eigenvalue weighted by Crippen LogP contribution is -2.38. The van der Waals surface area contributed by atoms with E-state index in [1.165, 1.54) is 5.56 Å². The van der Waals surface area contributed by atoms with Crippen LogP contribution in [-0.2, 0) is 11.2 Å². The molecule has 2 aromatic carbocycles. The van der Waals surface area contributed by atoms with Crippen LogP contribution in [0.1, 0.15) is 29.4 Å². The SMILES string of the molecule is C[C@H](CCc1ccccc1)NC(=O)C(=O)c1c(-c2ccccc2)cc2ccccn12. The summed E-state index contributed by atoms with van der Waals surface area (Å²) >= 11 is 0. The van der Waals surface area contributed by atoms with Gasteiger partial charge in [0.1, 0.15) is 5.69 Å². The molecule has 0 spiro atoms. The number of carbonyl (C=O) groups is 2. The Balaban J connectivity index is 1.56. The third-order valence-electron chi connectivity index (χ3n) is 5.27. The number of nitrogens with one attached hydrogen (secondary N) is 1. The van der Waals surface area contributed by atoms with Gasteiger partial charge < -0.3 is 9.72 Å². The summed E-state index contributed by atoms with van der Waals surface area (Å²) in [5.74, 6) is -1.09. The van der Waals surface area contributed by atoms with Crippen LogP contribution >= 0.6 is 0 Å². The zero-order chi connectivity index (χ0) is 20.9. The van der Waals surface area contributed by atoms with E-state index >= 15 is 0 Å². The first-order chi connectivity index (χ1) is 14.6. The number of pyridine rings is 1. The first-order valence-corrected chi connectivity index (χ1v) is 10.2. The number of aryl methyl sites for hydroxylation is 1. The topological polar surface area (TPSA) is 50.6 Å². The molecule has 0 saturated carbocycles. The summed E-state index contributed by atoms with van der Waals surface area (Å²) in [7, 11) is 0. The molecule has 0 aliphatic heterocycles. The molecule has 0 radical (unpaired) electrons. The predicted molar refractivity (Wildman–Crippen MR) is 120 cm³/mol. The first kappa shape index (κ1) is 19.6. The highest BCUT2D eigenvalue weighted by molar-refractivity contribution is 6.43. The van der Waals surface area contributed by atoms with Crippen LogP contribution in [0, 0.1) is 0 Å². The predicted octanol–water partition coefficient (Wildman–Crippen LogP) is 4.93. The average Bonchev–Trinajstić information content (AvgIpc) is 3.18. The smallest absolute Gasteiger partial charge is 0.294 e. The van der Waals surface area contributed by atoms with E-state index in [0.717, 1.165) is 29.5 Å². The molecule has 1 atom stereocenters. The fourth-order valence-corrected chi connectivity index (χ4v) is 3.69. The fourth-order valence-electron chi connectivity index (χ4n) is 3.69. The van der Waals surface area contributed by atoms with E-state index in [-0.39, 0.29) is 6.04 Å². The highest BCUT2D eigenvalue weighted by atomic mass is 16.2. The summed E-state index contributed by atoms with van der Waals surface area (Å²) in [6, 6.07) is 27.4. The molecule has 1 N–H and O–H groups in total. The zero-order valence-electron chi connectivity index (χ0n) is 16.9. The van der Waals surface area contributed by atoms with E-state index in [0.29, 0.717) is 5.69 Å². The normalized spacial score (nSPS) is 11.9. The van der Waals surface area contributed by atoms with Gasteiger partial charge in [0.05, 0.1) is 0 Å². The van der Waals surface area contributed by atoms with Gasteiger partial charge in [-0.3, -0.25) is 9.59 Å². The molecule has 4 aromatic rings. The minimum Gasteiger partial charge on any atom is -0.347 e. The summed E-state index contributed by atoms with van der Waals surface area (Å²) < 4.78 is 1.79. The average molecular weight is 396 g/mol. The molecule has 4 rings (SSSR count). The second-order valence-electron chi connectivity index (χ2n) is 7.50. The van der Waals surface area contributed by atoms with Crippen LogP contribution in [0.15, 0.2) is 91.1 Å². The maximum Gasteiger partial charge on any atom is 0.294 e. The summed E-state index contributed by atoms with van der Waals surface area (Å²) in [4.78, 5) is 26.0. The van der Waals surface area contributed by atoms with Crippen LogP contribution in [0.2, 0.25) is 0 Å².